The molecule has 0 saturated carbocycles. The molecule has 0 bridgehead atoms. The minimum absolute atomic E-state index is 1.18. The number of hydrogen-bond acceptors (Lipinski definition) is 1. The van der Waals surface area contributed by atoms with Gasteiger partial charge < -0.3 is 4.43 Å². The maximum absolute atomic E-state index is 5.70. The fourth-order valence-electron chi connectivity index (χ4n) is 1.63. The minimum atomic E-state index is -1.45. The highest BCUT2D eigenvalue weighted by Gasteiger charge is 2.12. The summed E-state index contributed by atoms with van der Waals surface area (Å²) in [6, 6.07) is 14.8. The predicted molar refractivity (Wildman–Crippen MR) is 77.4 cm³/mol. The fraction of sp³-hybridized carbons (Fsp3) is 0.200. The largest absolute Gasteiger partial charge is 0.550 e. The Labute approximate surface area is 104 Å². The zero-order chi connectivity index (χ0) is 12.3. The Morgan fingerprint density at radius 2 is 1.65 bits per heavy atom. The predicted octanol–water partition coefficient (Wildman–Crippen LogP) is 4.66. The first kappa shape index (κ1) is 11.9. The number of hydrogen-bond donors (Lipinski definition) is 0. The first-order valence-corrected chi connectivity index (χ1v) is 9.29. The summed E-state index contributed by atoms with van der Waals surface area (Å²) >= 11 is 0. The Bertz CT molecular complexity index is 538. The van der Waals surface area contributed by atoms with Crippen molar-refractivity contribution in [3.8, 4) is 0 Å². The van der Waals surface area contributed by atoms with Gasteiger partial charge in [0.1, 0.15) is 0 Å². The maximum Gasteiger partial charge on any atom is 0.241 e. The molecule has 0 saturated heterocycles. The molecule has 0 unspecified atom stereocenters. The van der Waals surface area contributed by atoms with E-state index in [1.165, 1.54) is 16.3 Å². The molecule has 0 aliphatic heterocycles. The highest BCUT2D eigenvalue weighted by Crippen LogP contribution is 2.16. The molecule has 0 fully saturated rings. The summed E-state index contributed by atoms with van der Waals surface area (Å²) in [6.45, 7) is 6.53. The lowest BCUT2D eigenvalue weighted by molar-refractivity contribution is 0.483. The molecule has 0 N–H and O–H groups in total. The van der Waals surface area contributed by atoms with Gasteiger partial charge >= 0.3 is 0 Å². The van der Waals surface area contributed by atoms with Crippen molar-refractivity contribution < 1.29 is 4.43 Å². The van der Waals surface area contributed by atoms with Crippen molar-refractivity contribution in [3.05, 3.63) is 54.3 Å². The standard InChI is InChI=1S/C15H18OSi/c1-17(2,3)16-11-10-13-8-9-14-6-4-5-7-15(14)12-13/h4-12H,1-3H3. The van der Waals surface area contributed by atoms with Crippen molar-refractivity contribution in [2.24, 2.45) is 0 Å². The van der Waals surface area contributed by atoms with E-state index < -0.39 is 8.32 Å². The number of rotatable bonds is 3. The fourth-order valence-corrected chi connectivity index (χ4v) is 2.10. The van der Waals surface area contributed by atoms with Crippen LogP contribution in [0.15, 0.2) is 48.7 Å². The molecular weight excluding hydrogens is 224 g/mol. The highest BCUT2D eigenvalue weighted by atomic mass is 28.4. The van der Waals surface area contributed by atoms with Gasteiger partial charge in [-0.05, 0) is 48.1 Å². The van der Waals surface area contributed by atoms with Gasteiger partial charge in [-0.15, -0.1) is 0 Å². The molecule has 0 radical (unpaired) electrons. The number of fused-ring (bicyclic) bond motifs is 1. The Balaban J connectivity index is 2.20. The molecule has 0 aliphatic rings. The first-order chi connectivity index (χ1) is 8.04. The SMILES string of the molecule is C[Si](C)(C)OC=Cc1ccc2ccccc2c1. The van der Waals surface area contributed by atoms with Crippen molar-refractivity contribution in [2.75, 3.05) is 0 Å². The zero-order valence-electron chi connectivity index (χ0n) is 10.6. The van der Waals surface area contributed by atoms with Gasteiger partial charge in [0.15, 0.2) is 0 Å². The molecule has 88 valence electrons. The van der Waals surface area contributed by atoms with Gasteiger partial charge in [-0.2, -0.15) is 0 Å². The van der Waals surface area contributed by atoms with Crippen molar-refractivity contribution in [3.63, 3.8) is 0 Å². The smallest absolute Gasteiger partial charge is 0.241 e. The second-order valence-corrected chi connectivity index (χ2v) is 9.60. The van der Waals surface area contributed by atoms with Crippen LogP contribution in [0.3, 0.4) is 0 Å². The van der Waals surface area contributed by atoms with E-state index in [0.29, 0.717) is 0 Å². The zero-order valence-corrected chi connectivity index (χ0v) is 11.6. The Morgan fingerprint density at radius 1 is 0.941 bits per heavy atom. The average molecular weight is 242 g/mol. The Hall–Kier alpha value is -1.54. The monoisotopic (exact) mass is 242 g/mol. The lowest BCUT2D eigenvalue weighted by atomic mass is 10.1. The summed E-state index contributed by atoms with van der Waals surface area (Å²) < 4.78 is 5.70. The van der Waals surface area contributed by atoms with Gasteiger partial charge in [-0.3, -0.25) is 0 Å². The van der Waals surface area contributed by atoms with Crippen LogP contribution in [0.4, 0.5) is 0 Å². The molecule has 2 rings (SSSR count). The second kappa shape index (κ2) is 4.76. The van der Waals surface area contributed by atoms with Crippen molar-refractivity contribution in [2.45, 2.75) is 19.6 Å². The van der Waals surface area contributed by atoms with E-state index in [-0.39, 0.29) is 0 Å². The summed E-state index contributed by atoms with van der Waals surface area (Å²) in [7, 11) is -1.45. The van der Waals surface area contributed by atoms with Crippen LogP contribution in [0, 0.1) is 0 Å². The van der Waals surface area contributed by atoms with E-state index >= 15 is 0 Å². The van der Waals surface area contributed by atoms with Crippen molar-refractivity contribution >= 4 is 25.2 Å². The van der Waals surface area contributed by atoms with Crippen molar-refractivity contribution in [1.82, 2.24) is 0 Å². The topological polar surface area (TPSA) is 9.23 Å². The average Bonchev–Trinajstić information content (AvgIpc) is 2.27. The third kappa shape index (κ3) is 3.46. The molecule has 0 heterocycles. The van der Waals surface area contributed by atoms with E-state index in [1.807, 2.05) is 12.3 Å². The van der Waals surface area contributed by atoms with Gasteiger partial charge in [0.05, 0.1) is 6.26 Å². The summed E-state index contributed by atoms with van der Waals surface area (Å²) in [5, 5.41) is 2.54. The van der Waals surface area contributed by atoms with E-state index in [0.717, 1.165) is 0 Å². The normalized spacial score (nSPS) is 12.2. The molecular formula is C15H18OSi. The van der Waals surface area contributed by atoms with Crippen LogP contribution in [0.5, 0.6) is 0 Å². The van der Waals surface area contributed by atoms with Crippen LogP contribution in [0.2, 0.25) is 19.6 Å². The quantitative estimate of drug-likeness (QED) is 0.562. The summed E-state index contributed by atoms with van der Waals surface area (Å²) in [6.07, 6.45) is 3.86. The van der Waals surface area contributed by atoms with E-state index in [1.54, 1.807) is 0 Å². The summed E-state index contributed by atoms with van der Waals surface area (Å²) in [5.41, 5.74) is 1.18. The van der Waals surface area contributed by atoms with Crippen LogP contribution in [0.25, 0.3) is 16.8 Å². The Morgan fingerprint density at radius 3 is 2.35 bits per heavy atom. The van der Waals surface area contributed by atoms with Gasteiger partial charge in [-0.25, -0.2) is 0 Å². The van der Waals surface area contributed by atoms with Gasteiger partial charge in [0.2, 0.25) is 8.32 Å². The first-order valence-electron chi connectivity index (χ1n) is 5.88. The highest BCUT2D eigenvalue weighted by molar-refractivity contribution is 6.69. The van der Waals surface area contributed by atoms with E-state index in [2.05, 4.69) is 62.1 Å². The third-order valence-electron chi connectivity index (χ3n) is 2.46. The molecule has 0 aliphatic carbocycles. The van der Waals surface area contributed by atoms with Crippen LogP contribution < -0.4 is 0 Å². The second-order valence-electron chi connectivity index (χ2n) is 5.14. The minimum Gasteiger partial charge on any atom is -0.550 e. The van der Waals surface area contributed by atoms with Gasteiger partial charge in [-0.1, -0.05) is 36.4 Å². The van der Waals surface area contributed by atoms with Crippen LogP contribution in [-0.4, -0.2) is 8.32 Å². The molecule has 0 amide bonds. The molecule has 17 heavy (non-hydrogen) atoms. The molecule has 1 nitrogen and oxygen atoms in total. The van der Waals surface area contributed by atoms with Gasteiger partial charge in [0, 0.05) is 0 Å². The number of benzene rings is 2. The molecule has 0 spiro atoms. The van der Waals surface area contributed by atoms with Crippen molar-refractivity contribution in [1.29, 1.82) is 0 Å². The lowest BCUT2D eigenvalue weighted by Gasteiger charge is -2.14. The maximum atomic E-state index is 5.70. The molecule has 0 atom stereocenters. The summed E-state index contributed by atoms with van der Waals surface area (Å²) in [4.78, 5) is 0. The Kier molecular flexibility index (Phi) is 3.34. The van der Waals surface area contributed by atoms with E-state index in [4.69, 9.17) is 4.43 Å². The molecule has 2 heteroatoms. The van der Waals surface area contributed by atoms with E-state index in [9.17, 15) is 0 Å². The molecule has 0 aromatic heterocycles. The lowest BCUT2D eigenvalue weighted by Crippen LogP contribution is -2.21. The van der Waals surface area contributed by atoms with Gasteiger partial charge in [0.25, 0.3) is 0 Å². The van der Waals surface area contributed by atoms with Crippen LogP contribution >= 0.6 is 0 Å². The molecule has 2 aromatic carbocycles. The third-order valence-corrected chi connectivity index (χ3v) is 3.30. The van der Waals surface area contributed by atoms with Crippen LogP contribution in [0.1, 0.15) is 5.56 Å². The van der Waals surface area contributed by atoms with Crippen LogP contribution in [-0.2, 0) is 4.43 Å². The summed E-state index contributed by atoms with van der Waals surface area (Å²) in [5.74, 6) is 0. The molecule has 2 aromatic rings.